The Morgan fingerprint density at radius 3 is 2.67 bits per heavy atom. The third kappa shape index (κ3) is 4.37. The lowest BCUT2D eigenvalue weighted by molar-refractivity contribution is 0.254. The Hall–Kier alpha value is -1.55. The highest BCUT2D eigenvalue weighted by atomic mass is 16.2. The van der Waals surface area contributed by atoms with Crippen LogP contribution in [0.4, 0.5) is 10.5 Å². The number of amides is 2. The highest BCUT2D eigenvalue weighted by molar-refractivity contribution is 5.90. The Labute approximate surface area is 109 Å². The van der Waals surface area contributed by atoms with E-state index < -0.39 is 0 Å². The van der Waals surface area contributed by atoms with Gasteiger partial charge in [0, 0.05) is 12.7 Å². The second-order valence-electron chi connectivity index (χ2n) is 4.71. The normalized spacial score (nSPS) is 10.5. The van der Waals surface area contributed by atoms with Crippen LogP contribution in [0, 0.1) is 6.92 Å². The smallest absolute Gasteiger partial charge is 0.318 e. The predicted molar refractivity (Wildman–Crippen MR) is 76.1 cm³/mol. The van der Waals surface area contributed by atoms with Crippen molar-refractivity contribution in [3.8, 4) is 0 Å². The first-order valence-electron chi connectivity index (χ1n) is 6.26. The van der Waals surface area contributed by atoms with Gasteiger partial charge in [0.1, 0.15) is 0 Å². The number of rotatable bonds is 5. The van der Waals surface area contributed by atoms with Crippen LogP contribution in [0.25, 0.3) is 0 Å². The summed E-state index contributed by atoms with van der Waals surface area (Å²) < 4.78 is 0. The standard InChI is InChI=1S/C14H23N3O/c1-11-7-5-9-13(16-14(18)15-2)12(11)8-6-10-17(3)4/h5,7,9H,6,8,10H2,1-4H3,(H2,15,16,18). The van der Waals surface area contributed by atoms with Gasteiger partial charge in [-0.15, -0.1) is 0 Å². The number of urea groups is 1. The number of carbonyl (C=O) groups is 1. The third-order valence-corrected chi connectivity index (χ3v) is 2.92. The average molecular weight is 249 g/mol. The van der Waals surface area contributed by atoms with E-state index >= 15 is 0 Å². The van der Waals surface area contributed by atoms with Crippen LogP contribution in [-0.2, 0) is 6.42 Å². The van der Waals surface area contributed by atoms with Gasteiger partial charge in [0.2, 0.25) is 0 Å². The molecule has 0 spiro atoms. The molecule has 0 radical (unpaired) electrons. The van der Waals surface area contributed by atoms with Gasteiger partial charge in [-0.3, -0.25) is 0 Å². The molecule has 1 aromatic rings. The van der Waals surface area contributed by atoms with Gasteiger partial charge < -0.3 is 15.5 Å². The quantitative estimate of drug-likeness (QED) is 0.840. The van der Waals surface area contributed by atoms with E-state index in [0.717, 1.165) is 25.1 Å². The van der Waals surface area contributed by atoms with Crippen LogP contribution < -0.4 is 10.6 Å². The molecule has 1 aromatic carbocycles. The molecule has 4 nitrogen and oxygen atoms in total. The lowest BCUT2D eigenvalue weighted by atomic mass is 10.0. The van der Waals surface area contributed by atoms with Crippen LogP contribution in [0.1, 0.15) is 17.5 Å². The molecule has 0 aliphatic carbocycles. The highest BCUT2D eigenvalue weighted by Gasteiger charge is 2.07. The second kappa shape index (κ2) is 7.01. The molecule has 0 aromatic heterocycles. The Morgan fingerprint density at radius 2 is 2.06 bits per heavy atom. The molecule has 0 saturated heterocycles. The molecule has 18 heavy (non-hydrogen) atoms. The maximum atomic E-state index is 11.4. The van der Waals surface area contributed by atoms with Gasteiger partial charge in [-0.05, 0) is 57.6 Å². The fraction of sp³-hybridized carbons (Fsp3) is 0.500. The van der Waals surface area contributed by atoms with Crippen molar-refractivity contribution in [2.24, 2.45) is 0 Å². The van der Waals surface area contributed by atoms with Gasteiger partial charge >= 0.3 is 6.03 Å². The first kappa shape index (κ1) is 14.5. The van der Waals surface area contributed by atoms with Crippen molar-refractivity contribution < 1.29 is 4.79 Å². The minimum absolute atomic E-state index is 0.172. The summed E-state index contributed by atoms with van der Waals surface area (Å²) in [6, 6.07) is 5.83. The minimum atomic E-state index is -0.172. The number of carbonyl (C=O) groups excluding carboxylic acids is 1. The Morgan fingerprint density at radius 1 is 1.33 bits per heavy atom. The minimum Gasteiger partial charge on any atom is -0.341 e. The topological polar surface area (TPSA) is 44.4 Å². The van der Waals surface area contributed by atoms with Crippen molar-refractivity contribution in [2.75, 3.05) is 33.0 Å². The van der Waals surface area contributed by atoms with E-state index in [0.29, 0.717) is 0 Å². The van der Waals surface area contributed by atoms with E-state index in [1.807, 2.05) is 12.1 Å². The summed E-state index contributed by atoms with van der Waals surface area (Å²) in [6.07, 6.45) is 2.06. The summed E-state index contributed by atoms with van der Waals surface area (Å²) in [6.45, 7) is 3.13. The summed E-state index contributed by atoms with van der Waals surface area (Å²) in [4.78, 5) is 13.6. The maximum Gasteiger partial charge on any atom is 0.318 e. The molecule has 1 rings (SSSR count). The zero-order chi connectivity index (χ0) is 13.5. The number of nitrogens with one attached hydrogen (secondary N) is 2. The number of anilines is 1. The second-order valence-corrected chi connectivity index (χ2v) is 4.71. The fourth-order valence-electron chi connectivity index (χ4n) is 1.91. The Bertz CT molecular complexity index is 402. The van der Waals surface area contributed by atoms with E-state index in [9.17, 15) is 4.79 Å². The first-order valence-corrected chi connectivity index (χ1v) is 6.26. The summed E-state index contributed by atoms with van der Waals surface area (Å²) in [5, 5.41) is 5.45. The van der Waals surface area contributed by atoms with Crippen LogP contribution in [0.2, 0.25) is 0 Å². The zero-order valence-electron chi connectivity index (χ0n) is 11.7. The van der Waals surface area contributed by atoms with Crippen molar-refractivity contribution in [1.82, 2.24) is 10.2 Å². The van der Waals surface area contributed by atoms with Gasteiger partial charge in [-0.25, -0.2) is 4.79 Å². The summed E-state index contributed by atoms with van der Waals surface area (Å²) >= 11 is 0. The van der Waals surface area contributed by atoms with Crippen molar-refractivity contribution >= 4 is 11.7 Å². The summed E-state index contributed by atoms with van der Waals surface area (Å²) in [5.41, 5.74) is 3.36. The predicted octanol–water partition coefficient (Wildman–Crippen LogP) is 2.24. The van der Waals surface area contributed by atoms with Crippen LogP contribution in [-0.4, -0.2) is 38.6 Å². The van der Waals surface area contributed by atoms with Crippen molar-refractivity contribution in [2.45, 2.75) is 19.8 Å². The Balaban J connectivity index is 2.77. The lowest BCUT2D eigenvalue weighted by Gasteiger charge is -2.15. The number of aryl methyl sites for hydroxylation is 1. The number of hydrogen-bond acceptors (Lipinski definition) is 2. The van der Waals surface area contributed by atoms with Crippen molar-refractivity contribution in [3.63, 3.8) is 0 Å². The largest absolute Gasteiger partial charge is 0.341 e. The molecule has 2 amide bonds. The molecule has 0 atom stereocenters. The molecular formula is C14H23N3O. The monoisotopic (exact) mass is 249 g/mol. The van der Waals surface area contributed by atoms with E-state index in [-0.39, 0.29) is 6.03 Å². The van der Waals surface area contributed by atoms with E-state index in [4.69, 9.17) is 0 Å². The molecule has 2 N–H and O–H groups in total. The number of nitrogens with zero attached hydrogens (tertiary/aromatic N) is 1. The molecule has 0 aliphatic rings. The zero-order valence-corrected chi connectivity index (χ0v) is 11.7. The number of hydrogen-bond donors (Lipinski definition) is 2. The molecule has 0 fully saturated rings. The van der Waals surface area contributed by atoms with Gasteiger partial charge in [0.05, 0.1) is 0 Å². The fourth-order valence-corrected chi connectivity index (χ4v) is 1.91. The van der Waals surface area contributed by atoms with Crippen molar-refractivity contribution in [3.05, 3.63) is 29.3 Å². The van der Waals surface area contributed by atoms with E-state index in [1.165, 1.54) is 11.1 Å². The molecule has 0 heterocycles. The average Bonchev–Trinajstić information content (AvgIpc) is 2.32. The highest BCUT2D eigenvalue weighted by Crippen LogP contribution is 2.21. The molecule has 0 aliphatic heterocycles. The summed E-state index contributed by atoms with van der Waals surface area (Å²) in [5.74, 6) is 0. The van der Waals surface area contributed by atoms with E-state index in [2.05, 4.69) is 42.6 Å². The molecule has 0 saturated carbocycles. The number of benzene rings is 1. The Kier molecular flexibility index (Phi) is 5.65. The third-order valence-electron chi connectivity index (χ3n) is 2.92. The van der Waals surface area contributed by atoms with Gasteiger partial charge in [-0.1, -0.05) is 12.1 Å². The van der Waals surface area contributed by atoms with Crippen LogP contribution in [0.15, 0.2) is 18.2 Å². The van der Waals surface area contributed by atoms with Crippen LogP contribution >= 0.6 is 0 Å². The summed E-state index contributed by atoms with van der Waals surface area (Å²) in [7, 11) is 5.76. The van der Waals surface area contributed by atoms with Crippen molar-refractivity contribution in [1.29, 1.82) is 0 Å². The van der Waals surface area contributed by atoms with Crippen LogP contribution in [0.3, 0.4) is 0 Å². The van der Waals surface area contributed by atoms with Gasteiger partial charge in [0.15, 0.2) is 0 Å². The molecule has 0 unspecified atom stereocenters. The molecular weight excluding hydrogens is 226 g/mol. The van der Waals surface area contributed by atoms with Gasteiger partial charge in [0.25, 0.3) is 0 Å². The lowest BCUT2D eigenvalue weighted by Crippen LogP contribution is -2.25. The van der Waals surface area contributed by atoms with Crippen LogP contribution in [0.5, 0.6) is 0 Å². The first-order chi connectivity index (χ1) is 8.54. The molecule has 100 valence electrons. The SMILES string of the molecule is CNC(=O)Nc1cccc(C)c1CCCN(C)C. The van der Waals surface area contributed by atoms with Gasteiger partial charge in [-0.2, -0.15) is 0 Å². The maximum absolute atomic E-state index is 11.4. The van der Waals surface area contributed by atoms with E-state index in [1.54, 1.807) is 7.05 Å². The molecule has 4 heteroatoms. The molecule has 0 bridgehead atoms.